The first-order chi connectivity index (χ1) is 37.0. The molecule has 8 aromatic rings. The minimum Gasteiger partial charge on any atom is -0.483 e. The molecule has 4 heterocycles. The Morgan fingerprint density at radius 1 is 0.662 bits per heavy atom. The van der Waals surface area contributed by atoms with E-state index in [1.54, 1.807) is 23.0 Å². The van der Waals surface area contributed by atoms with E-state index < -0.39 is 64.6 Å². The van der Waals surface area contributed by atoms with Gasteiger partial charge in [-0.1, -0.05) is 59.7 Å². The molecule has 0 spiro atoms. The summed E-state index contributed by atoms with van der Waals surface area (Å²) in [5.41, 5.74) is 15.8. The van der Waals surface area contributed by atoms with Crippen molar-refractivity contribution in [1.82, 2.24) is 19.9 Å². The number of hydrogen-bond acceptors (Lipinski definition) is 14. The Kier molecular flexibility index (Phi) is 23.2. The number of hydrogen-bond donors (Lipinski definition) is 2. The Bertz CT molecular complexity index is 3210. The van der Waals surface area contributed by atoms with Crippen LogP contribution >= 0.6 is 61.3 Å². The molecule has 8 rings (SSSR count). The molecule has 0 saturated heterocycles. The van der Waals surface area contributed by atoms with Gasteiger partial charge in [0.2, 0.25) is 0 Å². The topological polar surface area (TPSA) is 182 Å². The van der Waals surface area contributed by atoms with Crippen molar-refractivity contribution in [3.8, 4) is 49.0 Å². The van der Waals surface area contributed by atoms with E-state index in [9.17, 15) is 31.9 Å². The molecule has 0 fully saturated rings. The van der Waals surface area contributed by atoms with Gasteiger partial charge in [0.25, 0.3) is 11.8 Å². The van der Waals surface area contributed by atoms with Crippen LogP contribution in [0.4, 0.5) is 17.6 Å². The molecule has 0 aliphatic carbocycles. The number of benzene rings is 4. The van der Waals surface area contributed by atoms with E-state index in [-0.39, 0.29) is 24.7 Å². The van der Waals surface area contributed by atoms with Gasteiger partial charge in [0.05, 0.1) is 30.4 Å². The first kappa shape index (κ1) is 60.6. The second-order valence-corrected chi connectivity index (χ2v) is 37.2. The number of halogens is 5. The zero-order valence-electron chi connectivity index (χ0n) is 42.9. The Hall–Kier alpha value is -5.59. The molecule has 0 radical (unpaired) electrons. The number of carbonyl (C=O) groups is 3. The summed E-state index contributed by atoms with van der Waals surface area (Å²) in [6.45, 7) is 11.3. The van der Waals surface area contributed by atoms with Crippen LogP contribution in [-0.2, 0) is 18.0 Å². The fraction of sp³-hybridized carbons (Fsp3) is 0.291. The van der Waals surface area contributed by atoms with Crippen molar-refractivity contribution in [1.29, 1.82) is 0 Å². The average molecular weight is 1300 g/mol. The van der Waals surface area contributed by atoms with Gasteiger partial charge in [-0.3, -0.25) is 14.6 Å². The predicted octanol–water partition coefficient (Wildman–Crippen LogP) is 14.8. The Balaban J connectivity index is 0.000000190. The Morgan fingerprint density at radius 2 is 1.14 bits per heavy atom. The third-order valence-corrected chi connectivity index (χ3v) is 34.8. The third kappa shape index (κ3) is 16.2. The molecule has 0 aliphatic rings. The molecule has 406 valence electrons. The second-order valence-electron chi connectivity index (χ2n) is 17.7. The monoisotopic (exact) mass is 1300 g/mol. The number of nitrogens with two attached hydrogens (primary N) is 2. The van der Waals surface area contributed by atoms with Gasteiger partial charge in [-0.05, 0) is 54.0 Å². The molecular weight excluding hydrogens is 1240 g/mol. The minimum absolute atomic E-state index is 0.0319. The maximum Gasteiger partial charge on any atom is 0.254 e. The molecule has 0 atom stereocenters. The Morgan fingerprint density at radius 3 is 1.60 bits per heavy atom. The number of aryl methyl sites for hydroxylation is 2. The van der Waals surface area contributed by atoms with Crippen LogP contribution in [0, 0.1) is 37.1 Å². The van der Waals surface area contributed by atoms with E-state index in [0.29, 0.717) is 21.7 Å². The molecule has 12 nitrogen and oxygen atoms in total. The maximum absolute atomic E-state index is 14.4. The van der Waals surface area contributed by atoms with Crippen molar-refractivity contribution in [3.05, 3.63) is 150 Å². The van der Waals surface area contributed by atoms with Crippen LogP contribution in [0.25, 0.3) is 32.3 Å². The molecule has 0 bridgehead atoms. The van der Waals surface area contributed by atoms with Crippen molar-refractivity contribution in [3.63, 3.8) is 0 Å². The number of primary amides is 2. The number of carbonyl (C=O) groups excluding carboxylic acids is 3. The summed E-state index contributed by atoms with van der Waals surface area (Å²) in [7, 11) is 0. The predicted molar refractivity (Wildman–Crippen MR) is 305 cm³/mol. The summed E-state index contributed by atoms with van der Waals surface area (Å²) < 4.78 is 78.2. The van der Waals surface area contributed by atoms with Gasteiger partial charge in [0.1, 0.15) is 46.0 Å². The number of ether oxygens (including phenoxy) is 3. The van der Waals surface area contributed by atoms with Gasteiger partial charge >= 0.3 is 138 Å². The van der Waals surface area contributed by atoms with Crippen LogP contribution in [0.1, 0.15) is 101 Å². The number of aromatic nitrogens is 4. The normalized spacial score (nSPS) is 11.0. The van der Waals surface area contributed by atoms with Gasteiger partial charge in [0, 0.05) is 17.3 Å². The van der Waals surface area contributed by atoms with E-state index in [1.165, 1.54) is 88.7 Å². The first-order valence-corrected chi connectivity index (χ1v) is 36.2. The molecule has 2 amide bonds. The molecule has 0 saturated carbocycles. The fourth-order valence-electron chi connectivity index (χ4n) is 8.03. The first-order valence-electron chi connectivity index (χ1n) is 24.6. The van der Waals surface area contributed by atoms with Gasteiger partial charge in [0.15, 0.2) is 23.1 Å². The summed E-state index contributed by atoms with van der Waals surface area (Å²) in [5.74, 6) is -7.22. The quantitative estimate of drug-likeness (QED) is 0.0355. The van der Waals surface area contributed by atoms with Crippen molar-refractivity contribution in [2.24, 2.45) is 11.5 Å². The zero-order valence-corrected chi connectivity index (χ0v) is 50.6. The summed E-state index contributed by atoms with van der Waals surface area (Å²) >= 11 is 6.99. The summed E-state index contributed by atoms with van der Waals surface area (Å²) in [4.78, 5) is 52.5. The molecule has 4 N–H and O–H groups in total. The van der Waals surface area contributed by atoms with E-state index >= 15 is 0 Å². The van der Waals surface area contributed by atoms with E-state index in [1.807, 2.05) is 68.6 Å². The second kappa shape index (κ2) is 29.4. The standard InChI is InChI=1S/C21H15F2N3O2S2.C18H13BrF2N2O2S.C4H2NO2S.3C4H9.Sn/c1-11-2-4-12(5-3-11)19-20(15-8-25-10-29-15)30-16(26-19)9-28-14-7-6-13(22)17(18(14)23)21(24)27;1-9-2-4-10(5-3-9)16-17(19)26-13(23-16)8-25-12-7-6-11(20)14(15(12)21)18(22)24;6-3-7-4-5-1-2-8-4;3*1-3-4-2;/h2-8,10H,9H2,1H3,(H2,24,27);2-7H,8H2,1H3,(H2,22,24);1,3H;3*1,3-4H2,2H3;. The van der Waals surface area contributed by atoms with Crippen molar-refractivity contribution < 1.29 is 46.2 Å². The average Bonchev–Trinajstić information content (AvgIpc) is 4.26. The smallest absolute Gasteiger partial charge is 0.254 e. The van der Waals surface area contributed by atoms with Crippen LogP contribution in [-0.4, -0.2) is 56.6 Å². The molecule has 4 aromatic heterocycles. The zero-order chi connectivity index (χ0) is 55.6. The summed E-state index contributed by atoms with van der Waals surface area (Å²) in [5, 5.41) is 1.72. The van der Waals surface area contributed by atoms with Gasteiger partial charge < -0.3 is 20.9 Å². The van der Waals surface area contributed by atoms with Gasteiger partial charge in [-0.2, -0.15) is 0 Å². The summed E-state index contributed by atoms with van der Waals surface area (Å²) in [6.07, 6.45) is 11.6. The number of amides is 2. The molecule has 4 aromatic carbocycles. The van der Waals surface area contributed by atoms with E-state index in [0.717, 1.165) is 71.4 Å². The number of nitrogens with zero attached hydrogens (tertiary/aromatic N) is 4. The van der Waals surface area contributed by atoms with Crippen LogP contribution in [0.5, 0.6) is 16.7 Å². The molecule has 0 aliphatic heterocycles. The van der Waals surface area contributed by atoms with Crippen LogP contribution in [0.2, 0.25) is 13.3 Å². The molecule has 22 heteroatoms. The fourth-order valence-corrected chi connectivity index (χ4v) is 30.8. The molecular formula is C55H57BrF4N6O6S4Sn. The van der Waals surface area contributed by atoms with Crippen molar-refractivity contribution >= 4 is 101 Å². The largest absolute Gasteiger partial charge is 0.483 e. The van der Waals surface area contributed by atoms with Crippen LogP contribution < -0.4 is 28.6 Å². The van der Waals surface area contributed by atoms with Crippen LogP contribution in [0.15, 0.2) is 94.5 Å². The van der Waals surface area contributed by atoms with Crippen molar-refractivity contribution in [2.75, 3.05) is 0 Å². The van der Waals surface area contributed by atoms with Crippen molar-refractivity contribution in [2.45, 2.75) is 99.7 Å². The van der Waals surface area contributed by atoms with E-state index in [2.05, 4.69) is 56.6 Å². The SMILES string of the molecule is CCC[CH2][Sn]([CH2]CCC)([CH2]CCC)[c]1cnc(OC=O)s1.Cc1ccc(-c2nc(COc3ccc(F)c(C(N)=O)c3F)sc2-c2cncs2)cc1.Cc1ccc(-c2nc(COc3ccc(F)c(C(N)=O)c3F)sc2Br)cc1. The molecule has 77 heavy (non-hydrogen) atoms. The number of thiazole rings is 4. The third-order valence-electron chi connectivity index (χ3n) is 12.1. The summed E-state index contributed by atoms with van der Waals surface area (Å²) in [6, 6.07) is 20.0. The maximum atomic E-state index is 14.4. The van der Waals surface area contributed by atoms with E-state index in [4.69, 9.17) is 25.7 Å². The van der Waals surface area contributed by atoms with Gasteiger partial charge in [-0.15, -0.1) is 34.0 Å². The van der Waals surface area contributed by atoms with Gasteiger partial charge in [-0.25, -0.2) is 27.5 Å². The van der Waals surface area contributed by atoms with Crippen LogP contribution in [0.3, 0.4) is 0 Å². The number of unbranched alkanes of at least 4 members (excludes halogenated alkanes) is 3. The minimum atomic E-state index is -2.36. The number of rotatable bonds is 23. The Labute approximate surface area is 473 Å². The molecule has 0 unspecified atom stereocenters.